The summed E-state index contributed by atoms with van der Waals surface area (Å²) in [6, 6.07) is 16.6. The molecule has 0 aliphatic rings. The minimum absolute atomic E-state index is 0.221. The predicted octanol–water partition coefficient (Wildman–Crippen LogP) is 3.24. The van der Waals surface area contributed by atoms with Crippen LogP contribution in [0.4, 0.5) is 0 Å². The Bertz CT molecular complexity index is 619. The van der Waals surface area contributed by atoms with Crippen LogP contribution in [0.3, 0.4) is 0 Å². The van der Waals surface area contributed by atoms with Crippen LogP contribution in [0, 0.1) is 0 Å². The molecule has 2 rings (SSSR count). The third-order valence-electron chi connectivity index (χ3n) is 2.94. The van der Waals surface area contributed by atoms with E-state index in [1.54, 1.807) is 12.1 Å². The maximum absolute atomic E-state index is 11.9. The molecule has 0 heterocycles. The Morgan fingerprint density at radius 1 is 1.05 bits per heavy atom. The summed E-state index contributed by atoms with van der Waals surface area (Å²) >= 11 is 0. The Balaban J connectivity index is 2.02. The number of benzene rings is 2. The van der Waals surface area contributed by atoms with Gasteiger partial charge in [-0.3, -0.25) is 4.79 Å². The second-order valence-corrected chi connectivity index (χ2v) is 4.46. The Labute approximate surface area is 124 Å². The summed E-state index contributed by atoms with van der Waals surface area (Å²) in [6.07, 6.45) is 0. The van der Waals surface area contributed by atoms with E-state index in [1.165, 1.54) is 0 Å². The van der Waals surface area contributed by atoms with E-state index in [-0.39, 0.29) is 5.91 Å². The summed E-state index contributed by atoms with van der Waals surface area (Å²) < 4.78 is 5.39. The summed E-state index contributed by atoms with van der Waals surface area (Å²) in [5.41, 5.74) is 4.81. The largest absolute Gasteiger partial charge is 0.494 e. The first-order valence-electron chi connectivity index (χ1n) is 6.83. The van der Waals surface area contributed by atoms with Crippen LogP contribution >= 0.6 is 0 Å². The zero-order valence-corrected chi connectivity index (χ0v) is 12.2. The zero-order valence-electron chi connectivity index (χ0n) is 12.2. The SMILES string of the molecule is CCOc1ccc(/C(C)=N/NC(=O)c2ccccc2)cc1. The molecule has 4 heteroatoms. The Kier molecular flexibility index (Phi) is 5.10. The number of hydrogen-bond acceptors (Lipinski definition) is 3. The van der Waals surface area contributed by atoms with E-state index in [0.717, 1.165) is 17.0 Å². The van der Waals surface area contributed by atoms with Crippen LogP contribution < -0.4 is 10.2 Å². The normalized spacial score (nSPS) is 11.0. The fourth-order valence-corrected chi connectivity index (χ4v) is 1.81. The molecule has 108 valence electrons. The summed E-state index contributed by atoms with van der Waals surface area (Å²) in [4.78, 5) is 11.9. The maximum atomic E-state index is 11.9. The molecule has 0 aliphatic heterocycles. The van der Waals surface area contributed by atoms with Crippen molar-refractivity contribution in [1.29, 1.82) is 0 Å². The highest BCUT2D eigenvalue weighted by atomic mass is 16.5. The summed E-state index contributed by atoms with van der Waals surface area (Å²) in [6.45, 7) is 4.43. The predicted molar refractivity (Wildman–Crippen MR) is 83.7 cm³/mol. The fraction of sp³-hybridized carbons (Fsp3) is 0.176. The van der Waals surface area contributed by atoms with Gasteiger partial charge in [-0.1, -0.05) is 18.2 Å². The van der Waals surface area contributed by atoms with Gasteiger partial charge >= 0.3 is 0 Å². The van der Waals surface area contributed by atoms with Gasteiger partial charge < -0.3 is 4.74 Å². The van der Waals surface area contributed by atoms with E-state index in [1.807, 2.05) is 56.3 Å². The number of nitrogens with zero attached hydrogens (tertiary/aromatic N) is 1. The smallest absolute Gasteiger partial charge is 0.271 e. The van der Waals surface area contributed by atoms with E-state index >= 15 is 0 Å². The first kappa shape index (κ1) is 14.8. The number of amides is 1. The molecule has 0 atom stereocenters. The van der Waals surface area contributed by atoms with Crippen LogP contribution in [0.2, 0.25) is 0 Å². The fourth-order valence-electron chi connectivity index (χ4n) is 1.81. The molecule has 0 aliphatic carbocycles. The molecule has 4 nitrogen and oxygen atoms in total. The highest BCUT2D eigenvalue weighted by molar-refractivity contribution is 6.00. The van der Waals surface area contributed by atoms with Crippen LogP contribution in [0.25, 0.3) is 0 Å². The highest BCUT2D eigenvalue weighted by Gasteiger charge is 2.04. The summed E-state index contributed by atoms with van der Waals surface area (Å²) in [5.74, 6) is 0.600. The van der Waals surface area contributed by atoms with Gasteiger partial charge in [0.25, 0.3) is 5.91 Å². The van der Waals surface area contributed by atoms with Crippen LogP contribution in [0.1, 0.15) is 29.8 Å². The van der Waals surface area contributed by atoms with Gasteiger partial charge in [0.15, 0.2) is 0 Å². The minimum atomic E-state index is -0.221. The third kappa shape index (κ3) is 4.18. The van der Waals surface area contributed by atoms with E-state index in [9.17, 15) is 4.79 Å². The lowest BCUT2D eigenvalue weighted by Crippen LogP contribution is -2.19. The number of rotatable bonds is 5. The molecule has 0 radical (unpaired) electrons. The molecule has 1 amide bonds. The van der Waals surface area contributed by atoms with Crippen molar-refractivity contribution >= 4 is 11.6 Å². The molecule has 0 bridgehead atoms. The molecule has 0 spiro atoms. The molecule has 0 fully saturated rings. The molecule has 0 aromatic heterocycles. The average Bonchev–Trinajstić information content (AvgIpc) is 2.54. The van der Waals surface area contributed by atoms with Crippen LogP contribution in [0.15, 0.2) is 59.7 Å². The number of hydrazone groups is 1. The average molecular weight is 282 g/mol. The maximum Gasteiger partial charge on any atom is 0.271 e. The van der Waals surface area contributed by atoms with Gasteiger partial charge in [-0.2, -0.15) is 5.10 Å². The van der Waals surface area contributed by atoms with Crippen molar-refractivity contribution in [2.75, 3.05) is 6.61 Å². The van der Waals surface area contributed by atoms with E-state index in [4.69, 9.17) is 4.74 Å². The van der Waals surface area contributed by atoms with Gasteiger partial charge in [0.2, 0.25) is 0 Å². The van der Waals surface area contributed by atoms with Crippen molar-refractivity contribution in [3.63, 3.8) is 0 Å². The van der Waals surface area contributed by atoms with Crippen molar-refractivity contribution in [1.82, 2.24) is 5.43 Å². The first-order chi connectivity index (χ1) is 10.2. The number of ether oxygens (including phenoxy) is 1. The van der Waals surface area contributed by atoms with Gasteiger partial charge in [0, 0.05) is 5.56 Å². The van der Waals surface area contributed by atoms with E-state index in [2.05, 4.69) is 10.5 Å². The number of carbonyl (C=O) groups excluding carboxylic acids is 1. The molecule has 0 saturated heterocycles. The summed E-state index contributed by atoms with van der Waals surface area (Å²) in [7, 11) is 0. The topological polar surface area (TPSA) is 50.7 Å². The lowest BCUT2D eigenvalue weighted by Gasteiger charge is -2.05. The molecule has 0 saturated carbocycles. The second kappa shape index (κ2) is 7.24. The van der Waals surface area contributed by atoms with Crippen LogP contribution in [-0.4, -0.2) is 18.2 Å². The van der Waals surface area contributed by atoms with Gasteiger partial charge in [-0.05, 0) is 55.8 Å². The zero-order chi connectivity index (χ0) is 15.1. The molecule has 1 N–H and O–H groups in total. The molecule has 2 aromatic carbocycles. The van der Waals surface area contributed by atoms with Crippen molar-refractivity contribution in [3.05, 3.63) is 65.7 Å². The summed E-state index contributed by atoms with van der Waals surface area (Å²) in [5, 5.41) is 4.12. The van der Waals surface area contributed by atoms with Gasteiger partial charge in [-0.25, -0.2) is 5.43 Å². The first-order valence-corrected chi connectivity index (χ1v) is 6.83. The quantitative estimate of drug-likeness (QED) is 0.676. The van der Waals surface area contributed by atoms with E-state index in [0.29, 0.717) is 12.2 Å². The lowest BCUT2D eigenvalue weighted by molar-refractivity contribution is 0.0955. The second-order valence-electron chi connectivity index (χ2n) is 4.46. The van der Waals surface area contributed by atoms with Gasteiger partial charge in [0.05, 0.1) is 12.3 Å². The van der Waals surface area contributed by atoms with Gasteiger partial charge in [0.1, 0.15) is 5.75 Å². The third-order valence-corrected chi connectivity index (χ3v) is 2.94. The Morgan fingerprint density at radius 3 is 2.33 bits per heavy atom. The van der Waals surface area contributed by atoms with Crippen LogP contribution in [0.5, 0.6) is 5.75 Å². The molecular formula is C17H18N2O2. The minimum Gasteiger partial charge on any atom is -0.494 e. The molecule has 0 unspecified atom stereocenters. The van der Waals surface area contributed by atoms with Gasteiger partial charge in [-0.15, -0.1) is 0 Å². The lowest BCUT2D eigenvalue weighted by atomic mass is 10.1. The molecule has 21 heavy (non-hydrogen) atoms. The number of nitrogens with one attached hydrogen (secondary N) is 1. The van der Waals surface area contributed by atoms with E-state index < -0.39 is 0 Å². The van der Waals surface area contributed by atoms with Crippen LogP contribution in [-0.2, 0) is 0 Å². The molecular weight excluding hydrogens is 264 g/mol. The van der Waals surface area contributed by atoms with Crippen molar-refractivity contribution in [3.8, 4) is 5.75 Å². The Hall–Kier alpha value is -2.62. The monoisotopic (exact) mass is 282 g/mol. The van der Waals surface area contributed by atoms with Crippen molar-refractivity contribution in [2.45, 2.75) is 13.8 Å². The number of carbonyl (C=O) groups is 1. The standard InChI is InChI=1S/C17H18N2O2/c1-3-21-16-11-9-14(10-12-16)13(2)18-19-17(20)15-7-5-4-6-8-15/h4-12H,3H2,1-2H3,(H,19,20)/b18-13+. The number of hydrogen-bond donors (Lipinski definition) is 1. The van der Waals surface area contributed by atoms with Crippen molar-refractivity contribution < 1.29 is 9.53 Å². The molecule has 2 aromatic rings. The van der Waals surface area contributed by atoms with Crippen molar-refractivity contribution in [2.24, 2.45) is 5.10 Å². The Morgan fingerprint density at radius 2 is 1.71 bits per heavy atom. The highest BCUT2D eigenvalue weighted by Crippen LogP contribution is 2.12.